The summed E-state index contributed by atoms with van der Waals surface area (Å²) >= 11 is 0. The summed E-state index contributed by atoms with van der Waals surface area (Å²) < 4.78 is 1.70. The third-order valence-electron chi connectivity index (χ3n) is 5.44. The van der Waals surface area contributed by atoms with Crippen LogP contribution in [0.1, 0.15) is 33.9 Å². The molecule has 1 aromatic carbocycles. The Morgan fingerprint density at radius 3 is 2.96 bits per heavy atom. The van der Waals surface area contributed by atoms with Gasteiger partial charge >= 0.3 is 0 Å². The van der Waals surface area contributed by atoms with Crippen LogP contribution in [0.2, 0.25) is 0 Å². The molecule has 3 aromatic rings. The molecule has 0 saturated carbocycles. The Morgan fingerprint density at radius 1 is 1.22 bits per heavy atom. The Morgan fingerprint density at radius 2 is 2.07 bits per heavy atom. The van der Waals surface area contributed by atoms with Crippen molar-refractivity contribution in [3.63, 3.8) is 0 Å². The molecule has 1 saturated heterocycles. The molecule has 0 unspecified atom stereocenters. The molecule has 27 heavy (non-hydrogen) atoms. The SMILES string of the molecule is O=C(N[C@H]1CCc2ccccc21)c1cnc2cc(N3CCNCC3)nn2c1. The quantitative estimate of drug-likeness (QED) is 0.740. The summed E-state index contributed by atoms with van der Waals surface area (Å²) in [6.45, 7) is 3.77. The maximum absolute atomic E-state index is 12.8. The number of nitrogens with zero attached hydrogens (tertiary/aromatic N) is 4. The van der Waals surface area contributed by atoms with Gasteiger partial charge in [-0.2, -0.15) is 0 Å². The van der Waals surface area contributed by atoms with Crippen LogP contribution in [-0.2, 0) is 6.42 Å². The lowest BCUT2D eigenvalue weighted by Gasteiger charge is -2.26. The second kappa shape index (κ2) is 6.66. The molecule has 0 spiro atoms. The second-order valence-electron chi connectivity index (χ2n) is 7.15. The van der Waals surface area contributed by atoms with Gasteiger partial charge in [0.2, 0.25) is 0 Å². The van der Waals surface area contributed by atoms with E-state index in [1.807, 2.05) is 12.1 Å². The molecule has 1 fully saturated rings. The highest BCUT2D eigenvalue weighted by Gasteiger charge is 2.24. The van der Waals surface area contributed by atoms with Gasteiger partial charge in [0.1, 0.15) is 0 Å². The average molecular weight is 362 g/mol. The van der Waals surface area contributed by atoms with Crippen molar-refractivity contribution in [1.82, 2.24) is 25.2 Å². The fourth-order valence-corrected chi connectivity index (χ4v) is 3.98. The smallest absolute Gasteiger partial charge is 0.254 e. The minimum atomic E-state index is -0.106. The fourth-order valence-electron chi connectivity index (χ4n) is 3.98. The molecule has 1 atom stereocenters. The Bertz CT molecular complexity index is 991. The van der Waals surface area contributed by atoms with E-state index in [2.05, 4.69) is 43.8 Å². The number of hydrogen-bond donors (Lipinski definition) is 2. The predicted molar refractivity (Wildman–Crippen MR) is 103 cm³/mol. The van der Waals surface area contributed by atoms with Crippen molar-refractivity contribution in [2.24, 2.45) is 0 Å². The summed E-state index contributed by atoms with van der Waals surface area (Å²) in [4.78, 5) is 19.4. The Balaban J connectivity index is 1.36. The largest absolute Gasteiger partial charge is 0.353 e. The first-order valence-electron chi connectivity index (χ1n) is 9.48. The Hall–Kier alpha value is -2.93. The van der Waals surface area contributed by atoms with Gasteiger partial charge < -0.3 is 15.5 Å². The number of rotatable bonds is 3. The van der Waals surface area contributed by atoms with Gasteiger partial charge in [-0.25, -0.2) is 9.50 Å². The van der Waals surface area contributed by atoms with Gasteiger partial charge in [0.25, 0.3) is 5.91 Å². The second-order valence-corrected chi connectivity index (χ2v) is 7.15. The van der Waals surface area contributed by atoms with Crippen molar-refractivity contribution in [2.75, 3.05) is 31.1 Å². The molecule has 1 aliphatic carbocycles. The number of nitrogens with one attached hydrogen (secondary N) is 2. The van der Waals surface area contributed by atoms with E-state index in [4.69, 9.17) is 0 Å². The van der Waals surface area contributed by atoms with Gasteiger partial charge in [-0.3, -0.25) is 4.79 Å². The number of anilines is 1. The standard InChI is InChI=1S/C20H22N6O/c27-20(23-17-6-5-14-3-1-2-4-16(14)17)15-12-22-18-11-19(24-26(18)13-15)25-9-7-21-8-10-25/h1-4,11-13,17,21H,5-10H2,(H,23,27)/t17-/m0/s1. The van der Waals surface area contributed by atoms with Crippen LogP contribution in [0.15, 0.2) is 42.7 Å². The van der Waals surface area contributed by atoms with Crippen molar-refractivity contribution < 1.29 is 4.79 Å². The van der Waals surface area contributed by atoms with E-state index in [-0.39, 0.29) is 11.9 Å². The minimum absolute atomic E-state index is 0.0680. The fraction of sp³-hybridized carbons (Fsp3) is 0.350. The lowest BCUT2D eigenvalue weighted by molar-refractivity contribution is 0.0936. The highest BCUT2D eigenvalue weighted by Crippen LogP contribution is 2.30. The van der Waals surface area contributed by atoms with Crippen LogP contribution in [-0.4, -0.2) is 46.7 Å². The number of piperazine rings is 1. The van der Waals surface area contributed by atoms with E-state index < -0.39 is 0 Å². The summed E-state index contributed by atoms with van der Waals surface area (Å²) in [5.41, 5.74) is 3.83. The number of amides is 1. The van der Waals surface area contributed by atoms with E-state index in [1.165, 1.54) is 11.1 Å². The number of aryl methyl sites for hydroxylation is 1. The van der Waals surface area contributed by atoms with Crippen LogP contribution < -0.4 is 15.5 Å². The van der Waals surface area contributed by atoms with E-state index >= 15 is 0 Å². The number of hydrogen-bond acceptors (Lipinski definition) is 5. The molecule has 7 heteroatoms. The highest BCUT2D eigenvalue weighted by molar-refractivity contribution is 5.94. The van der Waals surface area contributed by atoms with Crippen molar-refractivity contribution in [3.8, 4) is 0 Å². The molecule has 0 bridgehead atoms. The molecule has 138 valence electrons. The first-order chi connectivity index (χ1) is 13.3. The molecule has 2 N–H and O–H groups in total. The molecule has 0 radical (unpaired) electrons. The van der Waals surface area contributed by atoms with Gasteiger partial charge in [-0.1, -0.05) is 24.3 Å². The lowest BCUT2D eigenvalue weighted by Crippen LogP contribution is -2.43. The van der Waals surface area contributed by atoms with Crippen molar-refractivity contribution in [2.45, 2.75) is 18.9 Å². The Labute approximate surface area is 157 Å². The van der Waals surface area contributed by atoms with Crippen LogP contribution >= 0.6 is 0 Å². The number of carbonyl (C=O) groups excluding carboxylic acids is 1. The summed E-state index contributed by atoms with van der Waals surface area (Å²) in [6.07, 6.45) is 5.35. The topological polar surface area (TPSA) is 74.6 Å². The van der Waals surface area contributed by atoms with Crippen LogP contribution in [0.5, 0.6) is 0 Å². The molecule has 5 rings (SSSR count). The number of carbonyl (C=O) groups is 1. The first-order valence-corrected chi connectivity index (χ1v) is 9.48. The summed E-state index contributed by atoms with van der Waals surface area (Å²) in [5, 5.41) is 11.1. The zero-order chi connectivity index (χ0) is 18.2. The monoisotopic (exact) mass is 362 g/mol. The highest BCUT2D eigenvalue weighted by atomic mass is 16.1. The molecule has 7 nitrogen and oxygen atoms in total. The Kier molecular flexibility index (Phi) is 4.01. The third-order valence-corrected chi connectivity index (χ3v) is 5.44. The zero-order valence-electron chi connectivity index (χ0n) is 15.1. The van der Waals surface area contributed by atoms with Crippen molar-refractivity contribution in [1.29, 1.82) is 0 Å². The van der Waals surface area contributed by atoms with Gasteiger partial charge in [-0.05, 0) is 24.0 Å². The van der Waals surface area contributed by atoms with Gasteiger partial charge in [-0.15, -0.1) is 5.10 Å². The maximum atomic E-state index is 12.8. The van der Waals surface area contributed by atoms with Gasteiger partial charge in [0, 0.05) is 44.6 Å². The summed E-state index contributed by atoms with van der Waals surface area (Å²) in [6, 6.07) is 10.4. The molecule has 3 heterocycles. The van der Waals surface area contributed by atoms with Crippen molar-refractivity contribution in [3.05, 3.63) is 59.4 Å². The summed E-state index contributed by atoms with van der Waals surface area (Å²) in [7, 11) is 0. The molecular weight excluding hydrogens is 340 g/mol. The molecule has 1 amide bonds. The third kappa shape index (κ3) is 3.04. The van der Waals surface area contributed by atoms with Crippen LogP contribution in [0.25, 0.3) is 5.65 Å². The first kappa shape index (κ1) is 16.3. The predicted octanol–water partition coefficient (Wildman–Crippen LogP) is 1.56. The number of benzene rings is 1. The maximum Gasteiger partial charge on any atom is 0.254 e. The van der Waals surface area contributed by atoms with Crippen LogP contribution in [0, 0.1) is 0 Å². The van der Waals surface area contributed by atoms with Gasteiger partial charge in [0.15, 0.2) is 11.5 Å². The molecule has 2 aromatic heterocycles. The normalized spacial score (nSPS) is 19.3. The lowest BCUT2D eigenvalue weighted by atomic mass is 10.1. The number of fused-ring (bicyclic) bond motifs is 2. The van der Waals surface area contributed by atoms with E-state index in [9.17, 15) is 4.79 Å². The van der Waals surface area contributed by atoms with Crippen molar-refractivity contribution >= 4 is 17.4 Å². The minimum Gasteiger partial charge on any atom is -0.353 e. The number of aromatic nitrogens is 3. The van der Waals surface area contributed by atoms with E-state index in [1.54, 1.807) is 16.9 Å². The molecule has 2 aliphatic rings. The summed E-state index contributed by atoms with van der Waals surface area (Å²) in [5.74, 6) is 0.802. The van der Waals surface area contributed by atoms with Crippen LogP contribution in [0.3, 0.4) is 0 Å². The molecule has 1 aliphatic heterocycles. The molecular formula is C20H22N6O. The van der Waals surface area contributed by atoms with E-state index in [0.29, 0.717) is 5.56 Å². The average Bonchev–Trinajstić information content (AvgIpc) is 3.32. The van der Waals surface area contributed by atoms with Gasteiger partial charge in [0.05, 0.1) is 11.6 Å². The van der Waals surface area contributed by atoms with Crippen LogP contribution in [0.4, 0.5) is 5.82 Å². The van der Waals surface area contributed by atoms with E-state index in [0.717, 1.165) is 50.5 Å². The zero-order valence-corrected chi connectivity index (χ0v) is 15.1.